The molecule has 2 bridgehead atoms. The van der Waals surface area contributed by atoms with E-state index in [9.17, 15) is 32.7 Å². The molecule has 2 aliphatic heterocycles. The number of carbonyl (C=O) groups is 2. The van der Waals surface area contributed by atoms with Crippen LogP contribution in [0.4, 0.5) is 13.2 Å². The molecule has 1 aromatic carbocycles. The molecule has 1 aliphatic carbocycles. The maximum atomic E-state index is 13.9. The molecule has 2 amide bonds. The van der Waals surface area contributed by atoms with Crippen LogP contribution in [0.25, 0.3) is 0 Å². The summed E-state index contributed by atoms with van der Waals surface area (Å²) in [7, 11) is 0. The molecule has 3 atom stereocenters. The van der Waals surface area contributed by atoms with Crippen LogP contribution in [0.5, 0.6) is 5.75 Å². The number of hydrogen-bond acceptors (Lipinski definition) is 5. The van der Waals surface area contributed by atoms with Crippen molar-refractivity contribution >= 4 is 11.8 Å². The van der Waals surface area contributed by atoms with Gasteiger partial charge < -0.3 is 24.6 Å². The van der Waals surface area contributed by atoms with E-state index in [-0.39, 0.29) is 24.9 Å². The van der Waals surface area contributed by atoms with Crippen LogP contribution in [-0.4, -0.2) is 51.2 Å². The number of aromatic hydroxyl groups is 1. The Morgan fingerprint density at radius 3 is 2.61 bits per heavy atom. The van der Waals surface area contributed by atoms with Crippen LogP contribution in [0.3, 0.4) is 0 Å². The number of rotatable bonds is 3. The lowest BCUT2D eigenvalue weighted by atomic mass is 10.0. The molecule has 2 N–H and O–H groups in total. The van der Waals surface area contributed by atoms with Crippen LogP contribution in [0.1, 0.15) is 46.7 Å². The summed E-state index contributed by atoms with van der Waals surface area (Å²) >= 11 is 0. The SMILES string of the molecule is C[C@H]1COC2(C)C[C@@]23CN1C(=O)c1c(O)c(=O)c(C(=O)NCc2c(F)cc(F)cc2F)cn13. The van der Waals surface area contributed by atoms with Crippen molar-refractivity contribution in [2.24, 2.45) is 0 Å². The van der Waals surface area contributed by atoms with E-state index in [1.54, 1.807) is 11.8 Å². The van der Waals surface area contributed by atoms with Gasteiger partial charge in [-0.1, -0.05) is 0 Å². The number of ether oxygens (including phenoxy) is 1. The number of nitrogens with zero attached hydrogens (tertiary/aromatic N) is 2. The number of carbonyl (C=O) groups excluding carboxylic acids is 2. The zero-order chi connectivity index (χ0) is 23.9. The molecule has 0 radical (unpaired) electrons. The van der Waals surface area contributed by atoms with Gasteiger partial charge in [-0.15, -0.1) is 0 Å². The quantitative estimate of drug-likeness (QED) is 0.721. The summed E-state index contributed by atoms with van der Waals surface area (Å²) in [5.41, 5.74) is -3.82. The molecule has 1 saturated heterocycles. The summed E-state index contributed by atoms with van der Waals surface area (Å²) in [5, 5.41) is 12.9. The van der Waals surface area contributed by atoms with Gasteiger partial charge in [0, 0.05) is 43.4 Å². The topological polar surface area (TPSA) is 101 Å². The average molecular weight is 463 g/mol. The van der Waals surface area contributed by atoms with Crippen molar-refractivity contribution in [1.82, 2.24) is 14.8 Å². The van der Waals surface area contributed by atoms with E-state index >= 15 is 0 Å². The summed E-state index contributed by atoms with van der Waals surface area (Å²) in [6, 6.07) is 0.675. The Bertz CT molecular complexity index is 1270. The number of halogens is 3. The largest absolute Gasteiger partial charge is 0.503 e. The van der Waals surface area contributed by atoms with Gasteiger partial charge in [-0.2, -0.15) is 0 Å². The predicted octanol–water partition coefficient (Wildman–Crippen LogP) is 1.63. The summed E-state index contributed by atoms with van der Waals surface area (Å²) in [6.45, 7) is 3.57. The van der Waals surface area contributed by atoms with Gasteiger partial charge in [-0.05, 0) is 13.8 Å². The molecule has 2 aromatic rings. The molecule has 8 nitrogen and oxygen atoms in total. The molecule has 1 spiro atoms. The lowest BCUT2D eigenvalue weighted by molar-refractivity contribution is 0.0201. The molecule has 11 heteroatoms. The van der Waals surface area contributed by atoms with Crippen molar-refractivity contribution in [3.8, 4) is 5.75 Å². The Morgan fingerprint density at radius 1 is 1.27 bits per heavy atom. The summed E-state index contributed by atoms with van der Waals surface area (Å²) in [4.78, 5) is 40.1. The van der Waals surface area contributed by atoms with Crippen LogP contribution < -0.4 is 10.7 Å². The molecule has 2 fully saturated rings. The lowest BCUT2D eigenvalue weighted by Gasteiger charge is -2.38. The van der Waals surface area contributed by atoms with Gasteiger partial charge in [0.2, 0.25) is 5.43 Å². The van der Waals surface area contributed by atoms with E-state index in [0.717, 1.165) is 0 Å². The third kappa shape index (κ3) is 2.91. The summed E-state index contributed by atoms with van der Waals surface area (Å²) < 4.78 is 48.3. The van der Waals surface area contributed by atoms with Crippen molar-refractivity contribution in [1.29, 1.82) is 0 Å². The number of aromatic nitrogens is 1. The van der Waals surface area contributed by atoms with Gasteiger partial charge in [0.25, 0.3) is 11.8 Å². The predicted molar refractivity (Wildman–Crippen MR) is 107 cm³/mol. The third-order valence-electron chi connectivity index (χ3n) is 6.98. The number of nitrogens with one attached hydrogen (secondary N) is 1. The Kier molecular flexibility index (Phi) is 4.45. The van der Waals surface area contributed by atoms with Crippen LogP contribution in [-0.2, 0) is 16.8 Å². The molecule has 174 valence electrons. The zero-order valence-corrected chi connectivity index (χ0v) is 17.7. The Hall–Kier alpha value is -3.34. The van der Waals surface area contributed by atoms with Gasteiger partial charge in [-0.3, -0.25) is 14.4 Å². The van der Waals surface area contributed by atoms with Crippen LogP contribution >= 0.6 is 0 Å². The fraction of sp³-hybridized carbons (Fsp3) is 0.409. The van der Waals surface area contributed by atoms with Crippen LogP contribution in [0, 0.1) is 17.5 Å². The van der Waals surface area contributed by atoms with E-state index < -0.39 is 69.3 Å². The first-order chi connectivity index (χ1) is 15.5. The Labute approximate surface area is 185 Å². The molecule has 5 rings (SSSR count). The van der Waals surface area contributed by atoms with Gasteiger partial charge in [0.15, 0.2) is 11.4 Å². The molecule has 1 unspecified atom stereocenters. The highest BCUT2D eigenvalue weighted by Crippen LogP contribution is 2.60. The maximum Gasteiger partial charge on any atom is 0.274 e. The minimum Gasteiger partial charge on any atom is -0.503 e. The number of pyridine rings is 1. The zero-order valence-electron chi connectivity index (χ0n) is 17.7. The van der Waals surface area contributed by atoms with E-state index in [2.05, 4.69) is 5.32 Å². The highest BCUT2D eigenvalue weighted by atomic mass is 19.1. The first-order valence-electron chi connectivity index (χ1n) is 10.3. The second-order valence-corrected chi connectivity index (χ2v) is 9.00. The smallest absolute Gasteiger partial charge is 0.274 e. The second kappa shape index (κ2) is 6.83. The number of amides is 2. The Morgan fingerprint density at radius 2 is 1.94 bits per heavy atom. The highest BCUT2D eigenvalue weighted by molar-refractivity contribution is 5.99. The summed E-state index contributed by atoms with van der Waals surface area (Å²) in [6.07, 6.45) is 1.68. The standard InChI is InChI=1S/C22H20F3N3O5/c1-10-7-33-21(2)8-22(21)9-27(10)20(32)16-18(30)17(29)13(6-28(16)22)19(31)26-5-12-14(24)3-11(23)4-15(12)25/h3-4,6,10,30H,5,7-9H2,1-2H3,(H,26,31)/t10-,21?,22+/m0/s1. The normalized spacial score (nSPS) is 27.5. The third-order valence-corrected chi connectivity index (χ3v) is 6.98. The molecule has 3 heterocycles. The number of benzene rings is 1. The van der Waals surface area contributed by atoms with Crippen LogP contribution in [0.2, 0.25) is 0 Å². The van der Waals surface area contributed by atoms with E-state index in [4.69, 9.17) is 4.74 Å². The first-order valence-corrected chi connectivity index (χ1v) is 10.3. The van der Waals surface area contributed by atoms with Gasteiger partial charge in [-0.25, -0.2) is 13.2 Å². The first kappa shape index (κ1) is 21.5. The minimum atomic E-state index is -1.19. The molecule has 33 heavy (non-hydrogen) atoms. The second-order valence-electron chi connectivity index (χ2n) is 9.00. The minimum absolute atomic E-state index is 0.223. The monoisotopic (exact) mass is 463 g/mol. The number of fused-ring (bicyclic) bond motifs is 2. The highest BCUT2D eigenvalue weighted by Gasteiger charge is 2.72. The van der Waals surface area contributed by atoms with Crippen molar-refractivity contribution in [3.63, 3.8) is 0 Å². The fourth-order valence-corrected chi connectivity index (χ4v) is 4.89. The molecule has 3 aliphatic rings. The number of hydrogen-bond donors (Lipinski definition) is 2. The Balaban J connectivity index is 1.54. The fourth-order valence-electron chi connectivity index (χ4n) is 4.89. The summed E-state index contributed by atoms with van der Waals surface area (Å²) in [5.74, 6) is -5.93. The van der Waals surface area contributed by atoms with Gasteiger partial charge in [0.05, 0.1) is 23.8 Å². The average Bonchev–Trinajstić information content (AvgIpc) is 3.35. The van der Waals surface area contributed by atoms with Crippen LogP contribution in [0.15, 0.2) is 23.1 Å². The van der Waals surface area contributed by atoms with Gasteiger partial charge >= 0.3 is 0 Å². The van der Waals surface area contributed by atoms with Crippen molar-refractivity contribution in [2.75, 3.05) is 13.2 Å². The molecule has 1 saturated carbocycles. The van der Waals surface area contributed by atoms with E-state index in [1.807, 2.05) is 6.92 Å². The van der Waals surface area contributed by atoms with Crippen molar-refractivity contribution in [3.05, 3.63) is 62.8 Å². The molecular weight excluding hydrogens is 443 g/mol. The molecule has 1 aromatic heterocycles. The van der Waals surface area contributed by atoms with E-state index in [0.29, 0.717) is 18.6 Å². The van der Waals surface area contributed by atoms with Crippen molar-refractivity contribution < 1.29 is 32.6 Å². The van der Waals surface area contributed by atoms with E-state index in [1.165, 1.54) is 10.8 Å². The molecular formula is C22H20F3N3O5. The lowest BCUT2D eigenvalue weighted by Crippen LogP contribution is -2.53. The van der Waals surface area contributed by atoms with Gasteiger partial charge in [0.1, 0.15) is 23.0 Å². The van der Waals surface area contributed by atoms with Crippen molar-refractivity contribution in [2.45, 2.75) is 44.0 Å². The maximum absolute atomic E-state index is 13.9.